The van der Waals surface area contributed by atoms with Crippen molar-refractivity contribution in [3.05, 3.63) is 33.9 Å². The average molecular weight is 290 g/mol. The molecule has 112 valence electrons. The van der Waals surface area contributed by atoms with Crippen LogP contribution >= 0.6 is 0 Å². The van der Waals surface area contributed by atoms with Gasteiger partial charge in [-0.25, -0.2) is 0 Å². The van der Waals surface area contributed by atoms with Crippen molar-refractivity contribution >= 4 is 17.3 Å². The number of nitro groups is 1. The SMILES string of the molecule is O=C(O)C1Cc2cc([N+](=O)[O-])ccc2N2CCCCCC12. The molecule has 6 nitrogen and oxygen atoms in total. The molecule has 0 bridgehead atoms. The zero-order valence-corrected chi connectivity index (χ0v) is 11.7. The summed E-state index contributed by atoms with van der Waals surface area (Å²) in [5.74, 6) is -1.28. The number of fused-ring (bicyclic) bond motifs is 3. The van der Waals surface area contributed by atoms with E-state index in [4.69, 9.17) is 0 Å². The Morgan fingerprint density at radius 1 is 1.33 bits per heavy atom. The highest BCUT2D eigenvalue weighted by atomic mass is 16.6. The first kappa shape index (κ1) is 13.9. The lowest BCUT2D eigenvalue weighted by molar-refractivity contribution is -0.384. The monoisotopic (exact) mass is 290 g/mol. The van der Waals surface area contributed by atoms with E-state index in [-0.39, 0.29) is 11.7 Å². The molecule has 0 spiro atoms. The van der Waals surface area contributed by atoms with Gasteiger partial charge in [-0.15, -0.1) is 0 Å². The Balaban J connectivity index is 2.05. The second kappa shape index (κ2) is 5.35. The lowest BCUT2D eigenvalue weighted by atomic mass is 9.83. The van der Waals surface area contributed by atoms with E-state index in [2.05, 4.69) is 4.90 Å². The number of benzene rings is 1. The van der Waals surface area contributed by atoms with Gasteiger partial charge in [0, 0.05) is 30.4 Å². The molecule has 2 heterocycles. The minimum absolute atomic E-state index is 0.0129. The van der Waals surface area contributed by atoms with E-state index in [0.717, 1.165) is 43.5 Å². The van der Waals surface area contributed by atoms with E-state index in [1.54, 1.807) is 6.07 Å². The van der Waals surface area contributed by atoms with Gasteiger partial charge in [-0.2, -0.15) is 0 Å². The molecule has 1 aromatic rings. The molecule has 2 aliphatic heterocycles. The van der Waals surface area contributed by atoms with Crippen LogP contribution in [0.25, 0.3) is 0 Å². The number of rotatable bonds is 2. The first-order valence-electron chi connectivity index (χ1n) is 7.34. The highest BCUT2D eigenvalue weighted by Crippen LogP contribution is 2.39. The number of carboxylic acids is 1. The van der Waals surface area contributed by atoms with Crippen molar-refractivity contribution in [1.82, 2.24) is 0 Å². The van der Waals surface area contributed by atoms with Gasteiger partial charge in [-0.05, 0) is 30.9 Å². The average Bonchev–Trinajstić information content (AvgIpc) is 2.71. The Labute approximate surface area is 122 Å². The first-order chi connectivity index (χ1) is 10.1. The summed E-state index contributed by atoms with van der Waals surface area (Å²) in [6.07, 6.45) is 4.47. The van der Waals surface area contributed by atoms with Gasteiger partial charge < -0.3 is 10.0 Å². The molecule has 1 saturated heterocycles. The Morgan fingerprint density at radius 3 is 2.86 bits per heavy atom. The Kier molecular flexibility index (Phi) is 3.53. The molecule has 1 aromatic carbocycles. The van der Waals surface area contributed by atoms with Crippen LogP contribution in [0.2, 0.25) is 0 Å². The van der Waals surface area contributed by atoms with Gasteiger partial charge in [-0.1, -0.05) is 12.8 Å². The summed E-state index contributed by atoms with van der Waals surface area (Å²) in [5, 5.41) is 20.4. The van der Waals surface area contributed by atoms with E-state index in [0.29, 0.717) is 6.42 Å². The molecular formula is C15H18N2O4. The number of aliphatic carboxylic acids is 1. The number of hydrogen-bond donors (Lipinski definition) is 1. The molecule has 21 heavy (non-hydrogen) atoms. The van der Waals surface area contributed by atoms with Crippen LogP contribution in [0.5, 0.6) is 0 Å². The van der Waals surface area contributed by atoms with Crippen LogP contribution in [0.1, 0.15) is 31.2 Å². The third-order valence-corrected chi connectivity index (χ3v) is 4.60. The fourth-order valence-corrected chi connectivity index (χ4v) is 3.61. The molecular weight excluding hydrogens is 272 g/mol. The summed E-state index contributed by atoms with van der Waals surface area (Å²) < 4.78 is 0. The zero-order chi connectivity index (χ0) is 15.0. The molecule has 3 rings (SSSR count). The Hall–Kier alpha value is -2.11. The van der Waals surface area contributed by atoms with Crippen molar-refractivity contribution < 1.29 is 14.8 Å². The standard InChI is InChI=1S/C15H18N2O4/c18-15(19)12-9-10-8-11(17(20)21)5-6-13(10)16-7-3-1-2-4-14(12)16/h5-6,8,12,14H,1-4,7,9H2,(H,18,19). The molecule has 2 atom stereocenters. The van der Waals surface area contributed by atoms with Crippen LogP contribution in [0, 0.1) is 16.0 Å². The molecule has 0 radical (unpaired) electrons. The Bertz CT molecular complexity index is 587. The smallest absolute Gasteiger partial charge is 0.308 e. The molecule has 1 N–H and O–H groups in total. The fraction of sp³-hybridized carbons (Fsp3) is 0.533. The maximum absolute atomic E-state index is 11.6. The summed E-state index contributed by atoms with van der Waals surface area (Å²) >= 11 is 0. The molecule has 2 unspecified atom stereocenters. The number of non-ortho nitro benzene ring substituents is 1. The normalized spacial score (nSPS) is 24.7. The molecule has 0 aromatic heterocycles. The second-order valence-corrected chi connectivity index (χ2v) is 5.83. The van der Waals surface area contributed by atoms with Crippen LogP contribution in [0.4, 0.5) is 11.4 Å². The number of hydrogen-bond acceptors (Lipinski definition) is 4. The number of carbonyl (C=O) groups is 1. The summed E-state index contributed by atoms with van der Waals surface area (Å²) in [6.45, 7) is 0.833. The summed E-state index contributed by atoms with van der Waals surface area (Å²) in [5.41, 5.74) is 1.80. The van der Waals surface area contributed by atoms with E-state index in [9.17, 15) is 20.0 Å². The summed E-state index contributed by atoms with van der Waals surface area (Å²) in [6, 6.07) is 4.84. The van der Waals surface area contributed by atoms with Crippen molar-refractivity contribution in [3.8, 4) is 0 Å². The van der Waals surface area contributed by atoms with Crippen molar-refractivity contribution in [2.24, 2.45) is 5.92 Å². The number of nitro benzene ring substituents is 1. The third kappa shape index (κ3) is 2.46. The lowest BCUT2D eigenvalue weighted by Gasteiger charge is -2.41. The second-order valence-electron chi connectivity index (χ2n) is 5.83. The van der Waals surface area contributed by atoms with Gasteiger partial charge in [0.05, 0.1) is 10.8 Å². The van der Waals surface area contributed by atoms with Crippen LogP contribution < -0.4 is 4.90 Å². The molecule has 0 aliphatic carbocycles. The van der Waals surface area contributed by atoms with Gasteiger partial charge in [0.2, 0.25) is 0 Å². The summed E-state index contributed by atoms with van der Waals surface area (Å²) in [7, 11) is 0. The quantitative estimate of drug-likeness (QED) is 0.668. The largest absolute Gasteiger partial charge is 0.481 e. The molecule has 6 heteroatoms. The fourth-order valence-electron chi connectivity index (χ4n) is 3.61. The van der Waals surface area contributed by atoms with Crippen molar-refractivity contribution in [3.63, 3.8) is 0 Å². The van der Waals surface area contributed by atoms with Gasteiger partial charge in [0.15, 0.2) is 0 Å². The summed E-state index contributed by atoms with van der Waals surface area (Å²) in [4.78, 5) is 24.2. The van der Waals surface area contributed by atoms with E-state index >= 15 is 0 Å². The maximum Gasteiger partial charge on any atom is 0.308 e. The molecule has 1 fully saturated rings. The molecule has 0 saturated carbocycles. The Morgan fingerprint density at radius 2 is 2.14 bits per heavy atom. The van der Waals surface area contributed by atoms with Crippen LogP contribution in [-0.2, 0) is 11.2 Å². The number of nitrogens with zero attached hydrogens (tertiary/aromatic N) is 2. The van der Waals surface area contributed by atoms with Gasteiger partial charge in [0.25, 0.3) is 5.69 Å². The van der Waals surface area contributed by atoms with Gasteiger partial charge >= 0.3 is 5.97 Å². The van der Waals surface area contributed by atoms with Crippen molar-refractivity contribution in [2.45, 2.75) is 38.1 Å². The van der Waals surface area contributed by atoms with E-state index < -0.39 is 16.8 Å². The van der Waals surface area contributed by atoms with E-state index in [1.807, 2.05) is 0 Å². The van der Waals surface area contributed by atoms with Crippen LogP contribution in [0.3, 0.4) is 0 Å². The maximum atomic E-state index is 11.6. The third-order valence-electron chi connectivity index (χ3n) is 4.60. The molecule has 0 amide bonds. The van der Waals surface area contributed by atoms with E-state index in [1.165, 1.54) is 12.1 Å². The zero-order valence-electron chi connectivity index (χ0n) is 11.7. The highest BCUT2D eigenvalue weighted by molar-refractivity contribution is 5.75. The predicted molar refractivity (Wildman–Crippen MR) is 77.5 cm³/mol. The van der Waals surface area contributed by atoms with Gasteiger partial charge in [-0.3, -0.25) is 14.9 Å². The van der Waals surface area contributed by atoms with Crippen LogP contribution in [-0.4, -0.2) is 28.6 Å². The van der Waals surface area contributed by atoms with Gasteiger partial charge in [0.1, 0.15) is 0 Å². The number of carboxylic acid groups (broad SMARTS) is 1. The first-order valence-corrected chi connectivity index (χ1v) is 7.34. The highest BCUT2D eigenvalue weighted by Gasteiger charge is 2.39. The number of anilines is 1. The van der Waals surface area contributed by atoms with Crippen molar-refractivity contribution in [2.75, 3.05) is 11.4 Å². The lowest BCUT2D eigenvalue weighted by Crippen LogP contribution is -2.48. The van der Waals surface area contributed by atoms with Crippen LogP contribution in [0.15, 0.2) is 18.2 Å². The predicted octanol–water partition coefficient (Wildman–Crippen LogP) is 2.60. The minimum Gasteiger partial charge on any atom is -0.481 e. The topological polar surface area (TPSA) is 83.7 Å². The molecule has 2 aliphatic rings. The minimum atomic E-state index is -0.802. The van der Waals surface area contributed by atoms with Crippen molar-refractivity contribution in [1.29, 1.82) is 0 Å².